The number of amides is 1. The van der Waals surface area contributed by atoms with Gasteiger partial charge in [-0.1, -0.05) is 302 Å². The van der Waals surface area contributed by atoms with Gasteiger partial charge in [0.25, 0.3) is 0 Å². The van der Waals surface area contributed by atoms with Crippen LogP contribution < -0.4 is 5.32 Å². The molecular weight excluding hydrogens is 851 g/mol. The Morgan fingerprint density at radius 2 is 0.681 bits per heavy atom. The molecule has 69 heavy (non-hydrogen) atoms. The lowest BCUT2D eigenvalue weighted by molar-refractivity contribution is -0.143. The highest BCUT2D eigenvalue weighted by Gasteiger charge is 2.20. The summed E-state index contributed by atoms with van der Waals surface area (Å²) >= 11 is 0. The van der Waals surface area contributed by atoms with Gasteiger partial charge in [-0.15, -0.1) is 0 Å². The van der Waals surface area contributed by atoms with Crippen molar-refractivity contribution in [2.45, 2.75) is 366 Å². The molecule has 2 atom stereocenters. The zero-order valence-corrected chi connectivity index (χ0v) is 46.8. The molecule has 410 valence electrons. The summed E-state index contributed by atoms with van der Waals surface area (Å²) in [7, 11) is 0. The van der Waals surface area contributed by atoms with Crippen molar-refractivity contribution in [3.63, 3.8) is 0 Å². The highest BCUT2D eigenvalue weighted by molar-refractivity contribution is 5.76. The predicted molar refractivity (Wildman–Crippen MR) is 301 cm³/mol. The van der Waals surface area contributed by atoms with Crippen molar-refractivity contribution in [3.8, 4) is 0 Å². The van der Waals surface area contributed by atoms with Crippen molar-refractivity contribution in [2.24, 2.45) is 0 Å². The molecule has 0 fully saturated rings. The van der Waals surface area contributed by atoms with Crippen molar-refractivity contribution in [1.82, 2.24) is 5.32 Å². The van der Waals surface area contributed by atoms with Crippen molar-refractivity contribution in [1.29, 1.82) is 0 Å². The molecule has 0 saturated heterocycles. The third-order valence-corrected chi connectivity index (χ3v) is 14.8. The monoisotopic (exact) mass is 974 g/mol. The lowest BCUT2D eigenvalue weighted by Crippen LogP contribution is -2.45. The van der Waals surface area contributed by atoms with Gasteiger partial charge in [0.2, 0.25) is 5.91 Å². The number of rotatable bonds is 59. The lowest BCUT2D eigenvalue weighted by atomic mass is 10.0. The van der Waals surface area contributed by atoms with Crippen molar-refractivity contribution < 1.29 is 24.5 Å². The van der Waals surface area contributed by atoms with E-state index in [2.05, 4.69) is 31.3 Å². The maximum absolute atomic E-state index is 12.5. The van der Waals surface area contributed by atoms with Crippen LogP contribution in [0.15, 0.2) is 12.2 Å². The van der Waals surface area contributed by atoms with E-state index in [1.54, 1.807) is 0 Å². The van der Waals surface area contributed by atoms with Crippen molar-refractivity contribution in [3.05, 3.63) is 12.2 Å². The number of ether oxygens (including phenoxy) is 1. The molecule has 6 heteroatoms. The highest BCUT2D eigenvalue weighted by Crippen LogP contribution is 2.18. The second-order valence-corrected chi connectivity index (χ2v) is 21.7. The molecule has 0 aliphatic carbocycles. The molecule has 0 aliphatic rings. The van der Waals surface area contributed by atoms with E-state index in [0.29, 0.717) is 25.9 Å². The van der Waals surface area contributed by atoms with Crippen LogP contribution in [0.25, 0.3) is 0 Å². The van der Waals surface area contributed by atoms with Gasteiger partial charge in [0.15, 0.2) is 0 Å². The van der Waals surface area contributed by atoms with Gasteiger partial charge >= 0.3 is 5.97 Å². The fourth-order valence-electron chi connectivity index (χ4n) is 9.99. The third kappa shape index (κ3) is 55.8. The predicted octanol–water partition coefficient (Wildman–Crippen LogP) is 19.6. The topological polar surface area (TPSA) is 95.9 Å². The van der Waals surface area contributed by atoms with Crippen LogP contribution in [0.5, 0.6) is 0 Å². The first-order valence-corrected chi connectivity index (χ1v) is 31.4. The van der Waals surface area contributed by atoms with Crippen LogP contribution >= 0.6 is 0 Å². The molecule has 0 bridgehead atoms. The Bertz CT molecular complexity index is 1030. The van der Waals surface area contributed by atoms with E-state index in [9.17, 15) is 19.8 Å². The van der Waals surface area contributed by atoms with Crippen LogP contribution in [0.3, 0.4) is 0 Å². The minimum Gasteiger partial charge on any atom is -0.466 e. The highest BCUT2D eigenvalue weighted by atomic mass is 16.5. The molecule has 0 aromatic rings. The van der Waals surface area contributed by atoms with Gasteiger partial charge in [0.1, 0.15) is 0 Å². The zero-order valence-electron chi connectivity index (χ0n) is 46.8. The van der Waals surface area contributed by atoms with Crippen LogP contribution in [0.1, 0.15) is 354 Å². The number of esters is 1. The number of aliphatic hydroxyl groups is 2. The summed E-state index contributed by atoms with van der Waals surface area (Å²) in [5.74, 6) is -0.0539. The molecule has 0 rings (SSSR count). The number of nitrogens with one attached hydrogen (secondary N) is 1. The summed E-state index contributed by atoms with van der Waals surface area (Å²) in [6.45, 7) is 4.95. The van der Waals surface area contributed by atoms with Gasteiger partial charge in [-0.3, -0.25) is 9.59 Å². The molecular formula is C63H123NO5. The second-order valence-electron chi connectivity index (χ2n) is 21.7. The molecule has 3 N–H and O–H groups in total. The van der Waals surface area contributed by atoms with Gasteiger partial charge in [0.05, 0.1) is 25.4 Å². The SMILES string of the molecule is CCCCCCCCCCCCCCCCCCCCCCCCCCCC(O)C(CO)NC(=O)CCCCCCCCC/C=C\CCCCCCOC(=O)CCCCCCCCCCCCCC. The Morgan fingerprint density at radius 1 is 0.391 bits per heavy atom. The molecule has 0 aromatic carbocycles. The minimum atomic E-state index is -0.675. The van der Waals surface area contributed by atoms with E-state index in [-0.39, 0.29) is 18.5 Å². The van der Waals surface area contributed by atoms with Gasteiger partial charge in [-0.2, -0.15) is 0 Å². The number of unbranched alkanes of at least 4 members (excludes halogenated alkanes) is 46. The van der Waals surface area contributed by atoms with Gasteiger partial charge in [-0.25, -0.2) is 0 Å². The maximum atomic E-state index is 12.5. The number of hydrogen-bond acceptors (Lipinski definition) is 5. The Labute approximate surface area is 431 Å². The normalized spacial score (nSPS) is 12.6. The van der Waals surface area contributed by atoms with Crippen LogP contribution in [0, 0.1) is 0 Å². The first-order valence-electron chi connectivity index (χ1n) is 31.4. The van der Waals surface area contributed by atoms with Crippen LogP contribution in [-0.4, -0.2) is 47.4 Å². The summed E-state index contributed by atoms with van der Waals surface area (Å²) in [6.07, 6.45) is 70.8. The first-order chi connectivity index (χ1) is 34.0. The molecule has 0 spiro atoms. The Balaban J connectivity index is 3.45. The average Bonchev–Trinajstić information content (AvgIpc) is 3.35. The number of carbonyl (C=O) groups is 2. The molecule has 0 saturated carbocycles. The van der Waals surface area contributed by atoms with E-state index in [0.717, 1.165) is 70.6 Å². The number of allylic oxidation sites excluding steroid dienone is 2. The van der Waals surface area contributed by atoms with Crippen LogP contribution in [-0.2, 0) is 14.3 Å². The molecule has 0 heterocycles. The van der Waals surface area contributed by atoms with Crippen molar-refractivity contribution >= 4 is 11.9 Å². The summed E-state index contributed by atoms with van der Waals surface area (Å²) in [5.41, 5.74) is 0. The minimum absolute atomic E-state index is 0.00818. The Kier molecular flexibility index (Phi) is 58.0. The van der Waals surface area contributed by atoms with Crippen LogP contribution in [0.4, 0.5) is 0 Å². The number of carbonyl (C=O) groups excluding carboxylic acids is 2. The third-order valence-electron chi connectivity index (χ3n) is 14.8. The summed E-state index contributed by atoms with van der Waals surface area (Å²) in [4.78, 5) is 24.5. The molecule has 2 unspecified atom stereocenters. The largest absolute Gasteiger partial charge is 0.466 e. The molecule has 6 nitrogen and oxygen atoms in total. The van der Waals surface area contributed by atoms with Gasteiger partial charge < -0.3 is 20.3 Å². The Morgan fingerprint density at radius 3 is 1.03 bits per heavy atom. The quantitative estimate of drug-likeness (QED) is 0.0321. The van der Waals surface area contributed by atoms with E-state index in [1.165, 1.54) is 250 Å². The fraction of sp³-hybridized carbons (Fsp3) is 0.937. The lowest BCUT2D eigenvalue weighted by Gasteiger charge is -2.22. The summed E-state index contributed by atoms with van der Waals surface area (Å²) in [6, 6.07) is -0.553. The van der Waals surface area contributed by atoms with E-state index in [1.807, 2.05) is 0 Å². The number of aliphatic hydroxyl groups excluding tert-OH is 2. The van der Waals surface area contributed by atoms with Gasteiger partial charge in [-0.05, 0) is 51.4 Å². The standard InChI is InChI=1S/C63H123NO5/c1-3-5-7-9-11-13-15-17-18-19-20-21-22-23-24-25-26-27-29-32-35-39-43-47-51-55-61(66)60(59-65)64-62(67)56-52-48-44-40-36-33-30-28-31-34-38-42-46-50-54-58-69-63(68)57-53-49-45-41-37-16-14-12-10-8-6-4-2/h31,34,60-61,65-66H,3-30,32-33,35-59H2,1-2H3,(H,64,67)/b34-31-. The first kappa shape index (κ1) is 67.6. The molecule has 0 radical (unpaired) electrons. The summed E-state index contributed by atoms with van der Waals surface area (Å²) in [5, 5.41) is 23.4. The average molecular weight is 975 g/mol. The van der Waals surface area contributed by atoms with Crippen molar-refractivity contribution in [2.75, 3.05) is 13.2 Å². The molecule has 0 aromatic heterocycles. The van der Waals surface area contributed by atoms with E-state index in [4.69, 9.17) is 4.74 Å². The summed E-state index contributed by atoms with van der Waals surface area (Å²) < 4.78 is 5.46. The zero-order chi connectivity index (χ0) is 50.0. The van der Waals surface area contributed by atoms with Gasteiger partial charge in [0, 0.05) is 12.8 Å². The number of hydrogen-bond donors (Lipinski definition) is 3. The van der Waals surface area contributed by atoms with E-state index >= 15 is 0 Å². The molecule has 1 amide bonds. The molecule has 0 aliphatic heterocycles. The van der Waals surface area contributed by atoms with E-state index < -0.39 is 12.1 Å². The Hall–Kier alpha value is -1.40. The second kappa shape index (κ2) is 59.2. The smallest absolute Gasteiger partial charge is 0.305 e. The van der Waals surface area contributed by atoms with Crippen LogP contribution in [0.2, 0.25) is 0 Å². The fourth-order valence-corrected chi connectivity index (χ4v) is 9.99. The maximum Gasteiger partial charge on any atom is 0.305 e.